The fraction of sp³-hybridized carbons (Fsp3) is 0.0833. The first-order valence-corrected chi connectivity index (χ1v) is 11.4. The number of phenols is 1. The molecule has 0 aliphatic carbocycles. The molecule has 1 heterocycles. The van der Waals surface area contributed by atoms with Crippen LogP contribution in [-0.4, -0.2) is 23.5 Å². The molecule has 0 spiro atoms. The van der Waals surface area contributed by atoms with Crippen LogP contribution >= 0.6 is 0 Å². The number of nitrogens with one attached hydrogen (secondary N) is 1. The smallest absolute Gasteiger partial charge is 0.238 e. The zero-order chi connectivity index (χ0) is 21.7. The lowest BCUT2D eigenvalue weighted by molar-refractivity contribution is 0.475. The molecule has 0 aliphatic rings. The normalized spacial score (nSPS) is 11.2. The molecule has 1 aromatic heterocycles. The van der Waals surface area contributed by atoms with Crippen molar-refractivity contribution in [2.45, 2.75) is 12.2 Å². The van der Waals surface area contributed by atoms with E-state index in [1.54, 1.807) is 48.5 Å². The first-order valence-electron chi connectivity index (χ1n) is 9.72. The minimum Gasteiger partial charge on any atom is -0.508 e. The number of hydrogen-bond acceptors (Lipinski definition) is 5. The van der Waals surface area contributed by atoms with Crippen LogP contribution in [0.15, 0.2) is 91.1 Å². The number of aromatic nitrogens is 2. The van der Waals surface area contributed by atoms with Gasteiger partial charge in [-0.05, 0) is 35.4 Å². The third-order valence-electron chi connectivity index (χ3n) is 4.67. The predicted octanol–water partition coefficient (Wildman–Crippen LogP) is 4.38. The van der Waals surface area contributed by atoms with Crippen molar-refractivity contribution in [3.05, 3.63) is 108 Å². The average Bonchev–Trinajstić information content (AvgIpc) is 2.76. The summed E-state index contributed by atoms with van der Waals surface area (Å²) in [4.78, 5) is 9.07. The van der Waals surface area contributed by atoms with Gasteiger partial charge in [0.25, 0.3) is 0 Å². The van der Waals surface area contributed by atoms with Crippen molar-refractivity contribution in [3.63, 3.8) is 0 Å². The summed E-state index contributed by atoms with van der Waals surface area (Å²) in [6, 6.07) is 25.3. The molecule has 0 aliphatic heterocycles. The summed E-state index contributed by atoms with van der Waals surface area (Å²) in [6.07, 6.45) is 1.95. The van der Waals surface area contributed by atoms with Gasteiger partial charge in [-0.15, -0.1) is 0 Å². The summed E-state index contributed by atoms with van der Waals surface area (Å²) in [5, 5.41) is 9.53. The van der Waals surface area contributed by atoms with Gasteiger partial charge in [0.2, 0.25) is 10.0 Å². The number of sulfonamides is 1. The number of benzene rings is 3. The van der Waals surface area contributed by atoms with E-state index in [0.29, 0.717) is 23.4 Å². The second-order valence-electron chi connectivity index (χ2n) is 7.11. The SMILES string of the molecule is O=S(=O)(Cc1ccccc1)Nc1ncc(-c2ccc(O)cc2)nc1Cc1ccccc1. The van der Waals surface area contributed by atoms with Crippen molar-refractivity contribution in [1.29, 1.82) is 0 Å². The standard InChI is InChI=1S/C24H21N3O3S/c28-21-13-11-20(12-14-21)23-16-25-24(22(26-23)15-18-7-3-1-4-8-18)27-31(29,30)17-19-9-5-2-6-10-19/h1-14,16,28H,15,17H2,(H,25,27). The molecule has 156 valence electrons. The van der Waals surface area contributed by atoms with Gasteiger partial charge in [0, 0.05) is 12.0 Å². The molecule has 2 N–H and O–H groups in total. The van der Waals surface area contributed by atoms with Crippen molar-refractivity contribution < 1.29 is 13.5 Å². The van der Waals surface area contributed by atoms with Crippen LogP contribution in [0.5, 0.6) is 5.75 Å². The Labute approximate surface area is 181 Å². The van der Waals surface area contributed by atoms with Crippen LogP contribution in [0.2, 0.25) is 0 Å². The number of rotatable bonds is 7. The Hall–Kier alpha value is -3.71. The maximum atomic E-state index is 12.8. The lowest BCUT2D eigenvalue weighted by Gasteiger charge is -2.13. The van der Waals surface area contributed by atoms with Crippen molar-refractivity contribution in [2.75, 3.05) is 4.72 Å². The van der Waals surface area contributed by atoms with Crippen LogP contribution in [0.4, 0.5) is 5.82 Å². The Bertz CT molecular complexity index is 1260. The molecule has 4 rings (SSSR count). The molecule has 31 heavy (non-hydrogen) atoms. The summed E-state index contributed by atoms with van der Waals surface area (Å²) in [5.41, 5.74) is 3.57. The molecule has 4 aromatic rings. The van der Waals surface area contributed by atoms with Gasteiger partial charge in [0.15, 0.2) is 5.82 Å². The average molecular weight is 432 g/mol. The Morgan fingerprint density at radius 3 is 2.06 bits per heavy atom. The van der Waals surface area contributed by atoms with Crippen molar-refractivity contribution in [1.82, 2.24) is 9.97 Å². The van der Waals surface area contributed by atoms with Crippen molar-refractivity contribution in [3.8, 4) is 17.0 Å². The Morgan fingerprint density at radius 1 is 0.806 bits per heavy atom. The van der Waals surface area contributed by atoms with Gasteiger partial charge in [-0.1, -0.05) is 60.7 Å². The highest BCUT2D eigenvalue weighted by Gasteiger charge is 2.17. The predicted molar refractivity (Wildman–Crippen MR) is 121 cm³/mol. The van der Waals surface area contributed by atoms with Gasteiger partial charge < -0.3 is 5.11 Å². The molecular weight excluding hydrogens is 410 g/mol. The molecule has 7 heteroatoms. The van der Waals surface area contributed by atoms with Crippen molar-refractivity contribution in [2.24, 2.45) is 0 Å². The molecule has 0 amide bonds. The highest BCUT2D eigenvalue weighted by atomic mass is 32.2. The minimum absolute atomic E-state index is 0.153. The third kappa shape index (κ3) is 5.46. The number of nitrogens with zero attached hydrogens (tertiary/aromatic N) is 2. The quantitative estimate of drug-likeness (QED) is 0.453. The number of hydrogen-bond donors (Lipinski definition) is 2. The van der Waals surface area contributed by atoms with Crippen LogP contribution < -0.4 is 4.72 Å². The first kappa shape index (κ1) is 20.6. The van der Waals surface area contributed by atoms with E-state index >= 15 is 0 Å². The third-order valence-corrected chi connectivity index (χ3v) is 5.89. The van der Waals surface area contributed by atoms with Gasteiger partial charge in [-0.2, -0.15) is 0 Å². The summed E-state index contributed by atoms with van der Waals surface area (Å²) in [6.45, 7) is 0. The molecule has 0 fully saturated rings. The number of anilines is 1. The molecule has 0 radical (unpaired) electrons. The molecule has 0 atom stereocenters. The van der Waals surface area contributed by atoms with Crippen LogP contribution in [-0.2, 0) is 22.2 Å². The zero-order valence-electron chi connectivity index (χ0n) is 16.6. The maximum absolute atomic E-state index is 12.8. The summed E-state index contributed by atoms with van der Waals surface area (Å²) in [5.74, 6) is 0.217. The number of phenolic OH excluding ortho intramolecular Hbond substituents is 1. The fourth-order valence-corrected chi connectivity index (χ4v) is 4.34. The molecule has 0 saturated carbocycles. The topological polar surface area (TPSA) is 92.2 Å². The highest BCUT2D eigenvalue weighted by Crippen LogP contribution is 2.24. The monoisotopic (exact) mass is 431 g/mol. The molecule has 0 saturated heterocycles. The van der Waals surface area contributed by atoms with Gasteiger partial charge in [-0.3, -0.25) is 4.72 Å². The lowest BCUT2D eigenvalue weighted by atomic mass is 10.1. The van der Waals surface area contributed by atoms with Crippen LogP contribution in [0.1, 0.15) is 16.8 Å². The maximum Gasteiger partial charge on any atom is 0.238 e. The van der Waals surface area contributed by atoms with Gasteiger partial charge >= 0.3 is 0 Å². The molecular formula is C24H21N3O3S. The molecule has 6 nitrogen and oxygen atoms in total. The molecule has 3 aromatic carbocycles. The first-order chi connectivity index (χ1) is 15.0. The largest absolute Gasteiger partial charge is 0.508 e. The summed E-state index contributed by atoms with van der Waals surface area (Å²) < 4.78 is 28.1. The van der Waals surface area contributed by atoms with E-state index in [1.165, 1.54) is 6.20 Å². The van der Waals surface area contributed by atoms with Crippen LogP contribution in [0, 0.1) is 0 Å². The molecule has 0 bridgehead atoms. The Kier molecular flexibility index (Phi) is 5.95. The second kappa shape index (κ2) is 8.97. The van der Waals surface area contributed by atoms with Crippen LogP contribution in [0.3, 0.4) is 0 Å². The molecule has 0 unspecified atom stereocenters. The summed E-state index contributed by atoms with van der Waals surface area (Å²) >= 11 is 0. The van der Waals surface area contributed by atoms with E-state index in [9.17, 15) is 13.5 Å². The van der Waals surface area contributed by atoms with Crippen molar-refractivity contribution >= 4 is 15.8 Å². The highest BCUT2D eigenvalue weighted by molar-refractivity contribution is 7.91. The number of aromatic hydroxyl groups is 1. The van der Waals surface area contributed by atoms with E-state index in [4.69, 9.17) is 0 Å². The van der Waals surface area contributed by atoms with E-state index in [0.717, 1.165) is 11.1 Å². The van der Waals surface area contributed by atoms with Gasteiger partial charge in [0.05, 0.1) is 23.3 Å². The fourth-order valence-electron chi connectivity index (χ4n) is 3.17. The minimum atomic E-state index is -3.67. The van der Waals surface area contributed by atoms with E-state index in [2.05, 4.69) is 14.7 Å². The summed E-state index contributed by atoms with van der Waals surface area (Å²) in [7, 11) is -3.67. The van der Waals surface area contributed by atoms with E-state index in [1.807, 2.05) is 36.4 Å². The van der Waals surface area contributed by atoms with E-state index in [-0.39, 0.29) is 17.3 Å². The van der Waals surface area contributed by atoms with Gasteiger partial charge in [0.1, 0.15) is 5.75 Å². The van der Waals surface area contributed by atoms with Gasteiger partial charge in [-0.25, -0.2) is 18.4 Å². The van der Waals surface area contributed by atoms with Crippen LogP contribution in [0.25, 0.3) is 11.3 Å². The Balaban J connectivity index is 1.67. The zero-order valence-corrected chi connectivity index (χ0v) is 17.5. The van der Waals surface area contributed by atoms with E-state index < -0.39 is 10.0 Å². The lowest BCUT2D eigenvalue weighted by Crippen LogP contribution is -2.18. The second-order valence-corrected chi connectivity index (χ2v) is 8.83. The Morgan fingerprint density at radius 2 is 1.42 bits per heavy atom.